The minimum atomic E-state index is -0.730. The van der Waals surface area contributed by atoms with Crippen LogP contribution in [0.15, 0.2) is 78.9 Å². The Bertz CT molecular complexity index is 1130. The molecule has 0 aliphatic carbocycles. The molecule has 0 bridgehead atoms. The first-order valence-electron chi connectivity index (χ1n) is 12.7. The number of hydrogen-bond donors (Lipinski definition) is 0. The van der Waals surface area contributed by atoms with Crippen LogP contribution in [0.2, 0.25) is 5.02 Å². The summed E-state index contributed by atoms with van der Waals surface area (Å²) in [5.41, 5.74) is 3.35. The van der Waals surface area contributed by atoms with E-state index in [0.717, 1.165) is 61.3 Å². The number of hydrazine groups is 1. The molecule has 4 rings (SSSR count). The summed E-state index contributed by atoms with van der Waals surface area (Å²) in [4.78, 5) is 17.1. The van der Waals surface area contributed by atoms with E-state index in [2.05, 4.69) is 49.1 Å². The Labute approximate surface area is 227 Å². The molecule has 0 radical (unpaired) electrons. The van der Waals surface area contributed by atoms with Crippen LogP contribution in [0.3, 0.4) is 0 Å². The zero-order valence-electron chi connectivity index (χ0n) is 21.5. The fourth-order valence-electron chi connectivity index (χ4n) is 5.39. The summed E-state index contributed by atoms with van der Waals surface area (Å²) >= 11 is 6.47. The van der Waals surface area contributed by atoms with Crippen LogP contribution in [0, 0.1) is 0 Å². The van der Waals surface area contributed by atoms with Gasteiger partial charge in [-0.2, -0.15) is 0 Å². The molecule has 3 aromatic carbocycles. The molecule has 1 heterocycles. The van der Waals surface area contributed by atoms with Crippen LogP contribution >= 0.6 is 24.0 Å². The van der Waals surface area contributed by atoms with Gasteiger partial charge in [0.15, 0.2) is 0 Å². The molecule has 0 saturated carbocycles. The molecule has 1 aliphatic heterocycles. The van der Waals surface area contributed by atoms with Crippen LogP contribution in [0.1, 0.15) is 49.8 Å². The number of carbonyl (C=O) groups excluding carboxylic acids is 1. The molecule has 0 N–H and O–H groups in total. The van der Waals surface area contributed by atoms with Gasteiger partial charge in [-0.3, -0.25) is 4.79 Å². The second-order valence-electron chi connectivity index (χ2n) is 9.40. The second kappa shape index (κ2) is 12.7. The van der Waals surface area contributed by atoms with Crippen molar-refractivity contribution in [2.45, 2.75) is 45.1 Å². The first kappa shape index (κ1) is 28.2. The summed E-state index contributed by atoms with van der Waals surface area (Å²) in [6, 6.07) is 26.4. The van der Waals surface area contributed by atoms with Crippen LogP contribution in [0.4, 0.5) is 5.69 Å². The third-order valence-corrected chi connectivity index (χ3v) is 7.37. The van der Waals surface area contributed by atoms with Crippen LogP contribution < -0.4 is 5.01 Å². The maximum atomic E-state index is 14.6. The van der Waals surface area contributed by atoms with Crippen LogP contribution in [0.5, 0.6) is 0 Å². The minimum absolute atomic E-state index is 0. The number of hydrogen-bond acceptors (Lipinski definition) is 3. The fraction of sp³-hybridized carbons (Fsp3) is 0.367. The van der Waals surface area contributed by atoms with Crippen molar-refractivity contribution < 1.29 is 4.79 Å². The number of carbonyl (C=O) groups is 1. The molecule has 6 heteroatoms. The number of anilines is 1. The number of rotatable bonds is 11. The lowest BCUT2D eigenvalue weighted by molar-refractivity contribution is -0.125. The molecule has 1 amide bonds. The molecule has 1 atom stereocenters. The van der Waals surface area contributed by atoms with Crippen LogP contribution in [0.25, 0.3) is 0 Å². The summed E-state index contributed by atoms with van der Waals surface area (Å²) in [7, 11) is 1.97. The highest BCUT2D eigenvalue weighted by atomic mass is 35.5. The van der Waals surface area contributed by atoms with Gasteiger partial charge in [0.1, 0.15) is 5.41 Å². The van der Waals surface area contributed by atoms with Gasteiger partial charge in [-0.25, -0.2) is 10.0 Å². The van der Waals surface area contributed by atoms with Gasteiger partial charge in [0.2, 0.25) is 0 Å². The summed E-state index contributed by atoms with van der Waals surface area (Å²) < 4.78 is 0. The van der Waals surface area contributed by atoms with Gasteiger partial charge in [-0.05, 0) is 67.7 Å². The molecule has 0 aromatic heterocycles. The summed E-state index contributed by atoms with van der Waals surface area (Å²) in [6.45, 7) is 7.95. The van der Waals surface area contributed by atoms with E-state index in [4.69, 9.17) is 11.6 Å². The van der Waals surface area contributed by atoms with Gasteiger partial charge in [0, 0.05) is 18.6 Å². The normalized spacial score (nSPS) is 16.9. The number of nitrogens with zero attached hydrogens (tertiary/aromatic N) is 3. The van der Waals surface area contributed by atoms with Gasteiger partial charge in [0.05, 0.1) is 5.69 Å². The Morgan fingerprint density at radius 2 is 1.44 bits per heavy atom. The Morgan fingerprint density at radius 3 is 2.11 bits per heavy atom. The molecule has 192 valence electrons. The van der Waals surface area contributed by atoms with E-state index < -0.39 is 5.41 Å². The Kier molecular flexibility index (Phi) is 9.98. The molecule has 0 fully saturated rings. The van der Waals surface area contributed by atoms with Crippen LogP contribution in [-0.4, -0.2) is 42.5 Å². The molecule has 0 saturated heterocycles. The number of halogens is 2. The van der Waals surface area contributed by atoms with Gasteiger partial charge in [0.25, 0.3) is 5.91 Å². The lowest BCUT2D eigenvalue weighted by Gasteiger charge is -2.34. The highest BCUT2D eigenvalue weighted by molar-refractivity contribution is 6.31. The monoisotopic (exact) mass is 525 g/mol. The molecular weight excluding hydrogens is 489 g/mol. The maximum absolute atomic E-state index is 14.6. The van der Waals surface area contributed by atoms with Crippen molar-refractivity contribution in [1.82, 2.24) is 9.91 Å². The Morgan fingerprint density at radius 1 is 0.833 bits per heavy atom. The molecular formula is C30H37Cl2N3O. The van der Waals surface area contributed by atoms with Crippen molar-refractivity contribution >= 4 is 35.6 Å². The zero-order valence-corrected chi connectivity index (χ0v) is 23.1. The van der Waals surface area contributed by atoms with Crippen molar-refractivity contribution in [3.8, 4) is 0 Å². The van der Waals surface area contributed by atoms with E-state index >= 15 is 0 Å². The smallest absolute Gasteiger partial charge is 0.256 e. The minimum Gasteiger partial charge on any atom is -0.303 e. The third-order valence-electron chi connectivity index (χ3n) is 7.00. The summed E-state index contributed by atoms with van der Waals surface area (Å²) in [5.74, 6) is 0.104. The van der Waals surface area contributed by atoms with Crippen molar-refractivity contribution in [3.05, 3.63) is 101 Å². The first-order chi connectivity index (χ1) is 17.0. The van der Waals surface area contributed by atoms with Crippen LogP contribution in [-0.2, 0) is 16.8 Å². The van der Waals surface area contributed by atoms with Gasteiger partial charge in [-0.15, -0.1) is 12.4 Å². The molecule has 4 nitrogen and oxygen atoms in total. The van der Waals surface area contributed by atoms with Crippen molar-refractivity contribution in [1.29, 1.82) is 0 Å². The van der Waals surface area contributed by atoms with Gasteiger partial charge < -0.3 is 4.90 Å². The summed E-state index contributed by atoms with van der Waals surface area (Å²) in [6.07, 6.45) is 2.95. The fourth-order valence-corrected chi connectivity index (χ4v) is 5.58. The quantitative estimate of drug-likeness (QED) is 0.271. The standard InChI is InChI=1S/C30H36ClN3O.ClH/c1-4-20-33(21-5-2)22-19-30(25-14-7-6-8-15-25)26-16-10-12-18-28(26)34(29(30)35)32(3)23-24-13-9-11-17-27(24)31;/h6-18H,4-5,19-23H2,1-3H3;1H. The number of fused-ring (bicyclic) bond motifs is 1. The Hall–Kier alpha value is -2.37. The second-order valence-corrected chi connectivity index (χ2v) is 9.81. The van der Waals surface area contributed by atoms with Gasteiger partial charge >= 0.3 is 0 Å². The number of benzene rings is 3. The topological polar surface area (TPSA) is 26.8 Å². The van der Waals surface area contributed by atoms with Gasteiger partial charge in [-0.1, -0.05) is 92.2 Å². The maximum Gasteiger partial charge on any atom is 0.256 e. The third kappa shape index (κ3) is 5.47. The predicted molar refractivity (Wildman–Crippen MR) is 153 cm³/mol. The van der Waals surface area contributed by atoms with E-state index in [0.29, 0.717) is 11.6 Å². The lowest BCUT2D eigenvalue weighted by atomic mass is 9.72. The average molecular weight is 527 g/mol. The molecule has 1 unspecified atom stereocenters. The van der Waals surface area contributed by atoms with E-state index in [1.807, 2.05) is 65.6 Å². The highest BCUT2D eigenvalue weighted by Crippen LogP contribution is 2.49. The van der Waals surface area contributed by atoms with Crippen molar-refractivity contribution in [2.75, 3.05) is 31.7 Å². The molecule has 0 spiro atoms. The molecule has 36 heavy (non-hydrogen) atoms. The van der Waals surface area contributed by atoms with E-state index in [-0.39, 0.29) is 18.3 Å². The SMILES string of the molecule is CCCN(CCC)CCC1(c2ccccc2)C(=O)N(N(C)Cc2ccccc2Cl)c2ccccc21.Cl. The van der Waals surface area contributed by atoms with Crippen molar-refractivity contribution in [3.63, 3.8) is 0 Å². The zero-order chi connectivity index (χ0) is 24.8. The number of amides is 1. The number of para-hydroxylation sites is 1. The Balaban J connectivity index is 0.00000361. The molecule has 1 aliphatic rings. The predicted octanol–water partition coefficient (Wildman–Crippen LogP) is 6.95. The average Bonchev–Trinajstić information content (AvgIpc) is 3.13. The summed E-state index contributed by atoms with van der Waals surface area (Å²) in [5, 5.41) is 4.59. The molecule has 3 aromatic rings. The first-order valence-corrected chi connectivity index (χ1v) is 13.1. The highest BCUT2D eigenvalue weighted by Gasteiger charge is 2.53. The van der Waals surface area contributed by atoms with E-state index in [9.17, 15) is 4.79 Å². The van der Waals surface area contributed by atoms with E-state index in [1.54, 1.807) is 0 Å². The largest absolute Gasteiger partial charge is 0.303 e. The lowest BCUT2D eigenvalue weighted by Crippen LogP contribution is -2.49. The van der Waals surface area contributed by atoms with E-state index in [1.165, 1.54) is 0 Å². The van der Waals surface area contributed by atoms with Crippen molar-refractivity contribution in [2.24, 2.45) is 0 Å².